The average Bonchev–Trinajstić information content (AvgIpc) is 3.09. The number of methoxy groups -OCH3 is 1. The van der Waals surface area contributed by atoms with Crippen LogP contribution in [0.25, 0.3) is 11.1 Å². The van der Waals surface area contributed by atoms with E-state index in [0.717, 1.165) is 32.8 Å². The van der Waals surface area contributed by atoms with Crippen molar-refractivity contribution >= 4 is 23.5 Å². The van der Waals surface area contributed by atoms with Crippen LogP contribution in [0.3, 0.4) is 0 Å². The number of esters is 1. The lowest BCUT2D eigenvalue weighted by Crippen LogP contribution is -2.21. The van der Waals surface area contributed by atoms with Crippen molar-refractivity contribution in [3.05, 3.63) is 87.9 Å². The van der Waals surface area contributed by atoms with Gasteiger partial charge in [0.1, 0.15) is 12.4 Å². The molecule has 0 aromatic heterocycles. The summed E-state index contributed by atoms with van der Waals surface area (Å²) >= 11 is 6.27. The molecular weight excluding hydrogens is 414 g/mol. The van der Waals surface area contributed by atoms with Gasteiger partial charge in [0.25, 0.3) is 5.91 Å². The number of ether oxygens (including phenoxy) is 2. The molecule has 5 nitrogen and oxygen atoms in total. The monoisotopic (exact) mass is 435 g/mol. The highest BCUT2D eigenvalue weighted by Gasteiger charge is 2.30. The largest absolute Gasteiger partial charge is 0.489 e. The van der Waals surface area contributed by atoms with Crippen molar-refractivity contribution in [3.63, 3.8) is 0 Å². The lowest BCUT2D eigenvalue weighted by atomic mass is 9.99. The summed E-state index contributed by atoms with van der Waals surface area (Å²) in [5.41, 5.74) is 5.50. The fourth-order valence-electron chi connectivity index (χ4n) is 3.77. The van der Waals surface area contributed by atoms with E-state index in [2.05, 4.69) is 11.4 Å². The Balaban J connectivity index is 1.49. The first-order valence-electron chi connectivity index (χ1n) is 9.95. The van der Waals surface area contributed by atoms with E-state index in [1.54, 1.807) is 6.07 Å². The minimum absolute atomic E-state index is 0.102. The standard InChI is InChI=1S/C25H22ClNO4/c1-15-19(7-4-8-22(15)26)17-6-3-5-16(11-17)14-31-18-9-10-20-21(12-18)25(29)27-23(20)13-24(28)30-2/h3-12,23H,13-14H2,1-2H3,(H,27,29)/t23-/m1/s1. The normalized spacial score (nSPS) is 14.7. The van der Waals surface area contributed by atoms with Gasteiger partial charge in [-0.2, -0.15) is 0 Å². The van der Waals surface area contributed by atoms with Gasteiger partial charge in [-0.15, -0.1) is 0 Å². The second-order valence-corrected chi connectivity index (χ2v) is 7.86. The molecule has 6 heteroatoms. The molecule has 0 bridgehead atoms. The molecule has 1 aliphatic rings. The highest BCUT2D eigenvalue weighted by molar-refractivity contribution is 6.31. The van der Waals surface area contributed by atoms with Crippen LogP contribution in [0.5, 0.6) is 5.75 Å². The third-order valence-corrected chi connectivity index (χ3v) is 5.87. The third-order valence-electron chi connectivity index (χ3n) is 5.46. The zero-order valence-electron chi connectivity index (χ0n) is 17.3. The molecule has 1 amide bonds. The molecule has 1 atom stereocenters. The molecule has 1 aliphatic heterocycles. The van der Waals surface area contributed by atoms with Crippen molar-refractivity contribution in [2.24, 2.45) is 0 Å². The number of nitrogens with one attached hydrogen (secondary N) is 1. The number of amides is 1. The smallest absolute Gasteiger partial charge is 0.307 e. The molecule has 0 saturated carbocycles. The Hall–Kier alpha value is -3.31. The molecule has 0 spiro atoms. The predicted octanol–water partition coefficient (Wildman–Crippen LogP) is 5.24. The lowest BCUT2D eigenvalue weighted by Gasteiger charge is -2.12. The van der Waals surface area contributed by atoms with Crippen LogP contribution in [0.4, 0.5) is 0 Å². The first kappa shape index (κ1) is 20.9. The van der Waals surface area contributed by atoms with Crippen LogP contribution in [-0.2, 0) is 16.1 Å². The number of carbonyl (C=O) groups excluding carboxylic acids is 2. The summed E-state index contributed by atoms with van der Waals surface area (Å²) in [7, 11) is 1.33. The van der Waals surface area contributed by atoms with E-state index in [0.29, 0.717) is 17.9 Å². The molecule has 3 aromatic carbocycles. The van der Waals surface area contributed by atoms with Crippen molar-refractivity contribution in [1.82, 2.24) is 5.32 Å². The number of benzene rings is 3. The van der Waals surface area contributed by atoms with Crippen molar-refractivity contribution in [2.75, 3.05) is 7.11 Å². The van der Waals surface area contributed by atoms with Gasteiger partial charge in [-0.25, -0.2) is 0 Å². The molecule has 0 fully saturated rings. The second kappa shape index (κ2) is 8.82. The fraction of sp³-hybridized carbons (Fsp3) is 0.200. The third kappa shape index (κ3) is 4.42. The van der Waals surface area contributed by atoms with Gasteiger partial charge in [0, 0.05) is 10.6 Å². The van der Waals surface area contributed by atoms with E-state index in [9.17, 15) is 9.59 Å². The van der Waals surface area contributed by atoms with Gasteiger partial charge in [-0.1, -0.05) is 48.0 Å². The summed E-state index contributed by atoms with van der Waals surface area (Å²) in [6, 6.07) is 19.0. The zero-order valence-corrected chi connectivity index (χ0v) is 18.0. The number of halogens is 1. The minimum atomic E-state index is -0.374. The number of rotatable bonds is 6. The maximum absolute atomic E-state index is 12.3. The van der Waals surface area contributed by atoms with Crippen LogP contribution in [0, 0.1) is 6.92 Å². The molecular formula is C25H22ClNO4. The van der Waals surface area contributed by atoms with Crippen LogP contribution >= 0.6 is 11.6 Å². The Morgan fingerprint density at radius 1 is 1.06 bits per heavy atom. The van der Waals surface area contributed by atoms with Crippen LogP contribution in [0.1, 0.15) is 39.5 Å². The summed E-state index contributed by atoms with van der Waals surface area (Å²) in [5.74, 6) is 0.0121. The first-order valence-corrected chi connectivity index (χ1v) is 10.3. The average molecular weight is 436 g/mol. The summed E-state index contributed by atoms with van der Waals surface area (Å²) in [4.78, 5) is 23.9. The van der Waals surface area contributed by atoms with E-state index >= 15 is 0 Å². The molecule has 0 radical (unpaired) electrons. The van der Waals surface area contributed by atoms with E-state index in [-0.39, 0.29) is 24.3 Å². The van der Waals surface area contributed by atoms with E-state index in [1.165, 1.54) is 7.11 Å². The van der Waals surface area contributed by atoms with Gasteiger partial charge in [-0.3, -0.25) is 9.59 Å². The maximum Gasteiger partial charge on any atom is 0.307 e. The minimum Gasteiger partial charge on any atom is -0.489 e. The van der Waals surface area contributed by atoms with Crippen molar-refractivity contribution in [2.45, 2.75) is 26.0 Å². The SMILES string of the molecule is COC(=O)C[C@H]1NC(=O)c2cc(OCc3cccc(-c4cccc(Cl)c4C)c3)ccc21. The quantitative estimate of drug-likeness (QED) is 0.537. The van der Waals surface area contributed by atoms with Crippen LogP contribution in [0.2, 0.25) is 5.02 Å². The van der Waals surface area contributed by atoms with E-state index in [1.807, 2.05) is 55.5 Å². The van der Waals surface area contributed by atoms with Gasteiger partial charge in [0.15, 0.2) is 0 Å². The van der Waals surface area contributed by atoms with Crippen molar-refractivity contribution in [1.29, 1.82) is 0 Å². The van der Waals surface area contributed by atoms with Gasteiger partial charge in [-0.05, 0) is 59.0 Å². The molecule has 0 unspecified atom stereocenters. The fourth-order valence-corrected chi connectivity index (χ4v) is 3.94. The molecule has 3 aromatic rings. The van der Waals surface area contributed by atoms with Crippen molar-refractivity contribution in [3.8, 4) is 16.9 Å². The second-order valence-electron chi connectivity index (χ2n) is 7.46. The predicted molar refractivity (Wildman–Crippen MR) is 119 cm³/mol. The van der Waals surface area contributed by atoms with Gasteiger partial charge in [0.05, 0.1) is 19.6 Å². The topological polar surface area (TPSA) is 64.6 Å². The number of hydrogen-bond donors (Lipinski definition) is 1. The highest BCUT2D eigenvalue weighted by Crippen LogP contribution is 2.32. The van der Waals surface area contributed by atoms with Crippen LogP contribution in [0.15, 0.2) is 60.7 Å². The number of fused-ring (bicyclic) bond motifs is 1. The molecule has 0 aliphatic carbocycles. The summed E-state index contributed by atoms with van der Waals surface area (Å²) in [5, 5.41) is 3.55. The summed E-state index contributed by atoms with van der Waals surface area (Å²) < 4.78 is 10.7. The molecule has 0 saturated heterocycles. The van der Waals surface area contributed by atoms with Crippen LogP contribution in [-0.4, -0.2) is 19.0 Å². The Kier molecular flexibility index (Phi) is 5.96. The van der Waals surface area contributed by atoms with Gasteiger partial charge in [0.2, 0.25) is 0 Å². The van der Waals surface area contributed by atoms with Crippen molar-refractivity contribution < 1.29 is 19.1 Å². The zero-order chi connectivity index (χ0) is 22.0. The Morgan fingerprint density at radius 3 is 2.68 bits per heavy atom. The molecule has 158 valence electrons. The Morgan fingerprint density at radius 2 is 1.87 bits per heavy atom. The lowest BCUT2D eigenvalue weighted by molar-refractivity contribution is -0.141. The molecule has 31 heavy (non-hydrogen) atoms. The highest BCUT2D eigenvalue weighted by atomic mass is 35.5. The number of hydrogen-bond acceptors (Lipinski definition) is 4. The van der Waals surface area contributed by atoms with Gasteiger partial charge < -0.3 is 14.8 Å². The van der Waals surface area contributed by atoms with E-state index < -0.39 is 0 Å². The maximum atomic E-state index is 12.3. The van der Waals surface area contributed by atoms with E-state index in [4.69, 9.17) is 21.1 Å². The van der Waals surface area contributed by atoms with Crippen LogP contribution < -0.4 is 10.1 Å². The molecule has 1 heterocycles. The summed E-state index contributed by atoms with van der Waals surface area (Å²) in [6.07, 6.45) is 0.102. The Bertz CT molecular complexity index is 1160. The van der Waals surface area contributed by atoms with Gasteiger partial charge >= 0.3 is 5.97 Å². The Labute approximate surface area is 185 Å². The number of carbonyl (C=O) groups is 2. The molecule has 4 rings (SSSR count). The first-order chi connectivity index (χ1) is 15.0. The summed E-state index contributed by atoms with van der Waals surface area (Å²) in [6.45, 7) is 2.36. The molecule has 1 N–H and O–H groups in total.